The molecular formula is C14H24N2O3. The topological polar surface area (TPSA) is 69.6 Å². The fourth-order valence-electron chi connectivity index (χ4n) is 3.24. The predicted octanol–water partition coefficient (Wildman–Crippen LogP) is 1.09. The van der Waals surface area contributed by atoms with Crippen molar-refractivity contribution in [3.8, 4) is 0 Å². The second-order valence-electron chi connectivity index (χ2n) is 6.02. The van der Waals surface area contributed by atoms with Gasteiger partial charge in [0.2, 0.25) is 5.91 Å². The van der Waals surface area contributed by atoms with Crippen LogP contribution in [-0.2, 0) is 9.59 Å². The summed E-state index contributed by atoms with van der Waals surface area (Å²) in [6.07, 6.45) is 5.84. The maximum atomic E-state index is 12.0. The molecule has 0 aromatic rings. The molecule has 1 aliphatic heterocycles. The van der Waals surface area contributed by atoms with Crippen LogP contribution in [0.2, 0.25) is 0 Å². The maximum absolute atomic E-state index is 12.0. The first-order valence-corrected chi connectivity index (χ1v) is 7.31. The van der Waals surface area contributed by atoms with Gasteiger partial charge in [-0.2, -0.15) is 0 Å². The van der Waals surface area contributed by atoms with Gasteiger partial charge >= 0.3 is 5.97 Å². The molecule has 19 heavy (non-hydrogen) atoms. The van der Waals surface area contributed by atoms with E-state index >= 15 is 0 Å². The molecule has 108 valence electrons. The number of amides is 1. The number of hydrogen-bond donors (Lipinski definition) is 2. The Morgan fingerprint density at radius 3 is 2.47 bits per heavy atom. The Bertz CT molecular complexity index is 340. The van der Waals surface area contributed by atoms with Crippen LogP contribution >= 0.6 is 0 Å². The Morgan fingerprint density at radius 2 is 1.89 bits per heavy atom. The van der Waals surface area contributed by atoms with Crippen molar-refractivity contribution in [1.82, 2.24) is 10.2 Å². The lowest BCUT2D eigenvalue weighted by molar-refractivity contribution is -0.142. The minimum absolute atomic E-state index is 0.0464. The molecule has 1 amide bonds. The van der Waals surface area contributed by atoms with Gasteiger partial charge < -0.3 is 10.4 Å². The molecule has 0 unspecified atom stereocenters. The second-order valence-corrected chi connectivity index (χ2v) is 6.02. The number of rotatable bonds is 4. The predicted molar refractivity (Wildman–Crippen MR) is 71.7 cm³/mol. The van der Waals surface area contributed by atoms with Gasteiger partial charge in [-0.25, -0.2) is 0 Å². The molecule has 1 saturated carbocycles. The van der Waals surface area contributed by atoms with E-state index in [1.165, 1.54) is 19.3 Å². The summed E-state index contributed by atoms with van der Waals surface area (Å²) in [5.41, 5.74) is 0. The van der Waals surface area contributed by atoms with Gasteiger partial charge in [0, 0.05) is 19.1 Å². The van der Waals surface area contributed by atoms with E-state index in [1.807, 2.05) is 11.8 Å². The molecule has 1 saturated heterocycles. The van der Waals surface area contributed by atoms with Crippen LogP contribution in [-0.4, -0.2) is 47.6 Å². The molecule has 0 aromatic carbocycles. The first kappa shape index (κ1) is 14.3. The van der Waals surface area contributed by atoms with Crippen LogP contribution in [0.3, 0.4) is 0 Å². The Kier molecular flexibility index (Phi) is 4.80. The number of carbonyl (C=O) groups excluding carboxylic acids is 1. The lowest BCUT2D eigenvalue weighted by Gasteiger charge is -2.24. The molecule has 0 spiro atoms. The Labute approximate surface area is 114 Å². The monoisotopic (exact) mass is 268 g/mol. The first-order chi connectivity index (χ1) is 9.06. The Hall–Kier alpha value is -1.10. The summed E-state index contributed by atoms with van der Waals surface area (Å²) in [7, 11) is 0. The van der Waals surface area contributed by atoms with E-state index in [2.05, 4.69) is 5.32 Å². The third kappa shape index (κ3) is 3.93. The molecule has 2 N–H and O–H groups in total. The van der Waals surface area contributed by atoms with Crippen molar-refractivity contribution in [2.75, 3.05) is 19.6 Å². The van der Waals surface area contributed by atoms with Crippen LogP contribution in [0.5, 0.6) is 0 Å². The molecule has 2 aliphatic rings. The zero-order valence-electron chi connectivity index (χ0n) is 11.6. The minimum Gasteiger partial charge on any atom is -0.481 e. The molecule has 0 aromatic heterocycles. The van der Waals surface area contributed by atoms with Crippen LogP contribution in [0, 0.1) is 11.8 Å². The largest absolute Gasteiger partial charge is 0.481 e. The van der Waals surface area contributed by atoms with Crippen LogP contribution in [0.25, 0.3) is 0 Å². The van der Waals surface area contributed by atoms with E-state index in [1.54, 1.807) is 0 Å². The van der Waals surface area contributed by atoms with E-state index in [0.29, 0.717) is 25.7 Å². The van der Waals surface area contributed by atoms with Crippen LogP contribution in [0.15, 0.2) is 0 Å². The summed E-state index contributed by atoms with van der Waals surface area (Å²) in [6.45, 7) is 3.48. The summed E-state index contributed by atoms with van der Waals surface area (Å²) in [6, 6.07) is 0.330. The normalized spacial score (nSPS) is 29.3. The van der Waals surface area contributed by atoms with E-state index < -0.39 is 5.97 Å². The molecule has 2 rings (SSSR count). The standard InChI is InChI=1S/C14H24N2O3/c1-10-7-16(8-12(10)14(18)19)9-13(17)15-11-5-3-2-4-6-11/h10-12H,2-9H2,1H3,(H,15,17)(H,18,19)/t10-,12-/m1/s1. The average Bonchev–Trinajstić information content (AvgIpc) is 2.71. The molecule has 5 heteroatoms. The van der Waals surface area contributed by atoms with E-state index in [4.69, 9.17) is 5.11 Å². The van der Waals surface area contributed by atoms with Gasteiger partial charge in [-0.15, -0.1) is 0 Å². The maximum Gasteiger partial charge on any atom is 0.308 e. The highest BCUT2D eigenvalue weighted by Crippen LogP contribution is 2.23. The van der Waals surface area contributed by atoms with E-state index in [-0.39, 0.29) is 17.7 Å². The van der Waals surface area contributed by atoms with Crippen molar-refractivity contribution >= 4 is 11.9 Å². The fraction of sp³-hybridized carbons (Fsp3) is 0.857. The van der Waals surface area contributed by atoms with Gasteiger partial charge in [-0.1, -0.05) is 26.2 Å². The fourth-order valence-corrected chi connectivity index (χ4v) is 3.24. The van der Waals surface area contributed by atoms with Gasteiger partial charge in [-0.05, 0) is 18.8 Å². The Balaban J connectivity index is 1.75. The highest BCUT2D eigenvalue weighted by Gasteiger charge is 2.35. The summed E-state index contributed by atoms with van der Waals surface area (Å²) >= 11 is 0. The third-order valence-electron chi connectivity index (χ3n) is 4.34. The van der Waals surface area contributed by atoms with Gasteiger partial charge in [-0.3, -0.25) is 14.5 Å². The van der Waals surface area contributed by atoms with E-state index in [9.17, 15) is 9.59 Å². The number of likely N-dealkylation sites (tertiary alicyclic amines) is 1. The number of hydrogen-bond acceptors (Lipinski definition) is 3. The quantitative estimate of drug-likeness (QED) is 0.800. The number of carboxylic acid groups (broad SMARTS) is 1. The summed E-state index contributed by atoms with van der Waals surface area (Å²) in [5.74, 6) is -0.907. The molecule has 0 radical (unpaired) electrons. The molecule has 5 nitrogen and oxygen atoms in total. The SMILES string of the molecule is C[C@@H]1CN(CC(=O)NC2CCCCC2)C[C@H]1C(=O)O. The summed E-state index contributed by atoms with van der Waals surface area (Å²) < 4.78 is 0. The zero-order valence-corrected chi connectivity index (χ0v) is 11.6. The van der Waals surface area contributed by atoms with Crippen molar-refractivity contribution in [3.05, 3.63) is 0 Å². The third-order valence-corrected chi connectivity index (χ3v) is 4.34. The lowest BCUT2D eigenvalue weighted by atomic mass is 9.95. The molecule has 2 atom stereocenters. The van der Waals surface area contributed by atoms with Gasteiger partial charge in [0.25, 0.3) is 0 Å². The zero-order chi connectivity index (χ0) is 13.8. The van der Waals surface area contributed by atoms with Crippen molar-refractivity contribution in [1.29, 1.82) is 0 Å². The van der Waals surface area contributed by atoms with E-state index in [0.717, 1.165) is 12.8 Å². The molecule has 0 bridgehead atoms. The van der Waals surface area contributed by atoms with Crippen molar-refractivity contribution in [2.45, 2.75) is 45.1 Å². The Morgan fingerprint density at radius 1 is 1.21 bits per heavy atom. The summed E-state index contributed by atoms with van der Waals surface area (Å²) in [4.78, 5) is 24.9. The van der Waals surface area contributed by atoms with Crippen molar-refractivity contribution in [3.63, 3.8) is 0 Å². The number of aliphatic carboxylic acids is 1. The second kappa shape index (κ2) is 6.37. The lowest BCUT2D eigenvalue weighted by Crippen LogP contribution is -2.42. The average molecular weight is 268 g/mol. The first-order valence-electron chi connectivity index (χ1n) is 7.31. The molecule has 1 aliphatic carbocycles. The number of carboxylic acids is 1. The van der Waals surface area contributed by atoms with Gasteiger partial charge in [0.15, 0.2) is 0 Å². The highest BCUT2D eigenvalue weighted by atomic mass is 16.4. The van der Waals surface area contributed by atoms with Crippen LogP contribution in [0.4, 0.5) is 0 Å². The number of carbonyl (C=O) groups is 2. The van der Waals surface area contributed by atoms with Gasteiger partial charge in [0.1, 0.15) is 0 Å². The van der Waals surface area contributed by atoms with Gasteiger partial charge in [0.05, 0.1) is 12.5 Å². The van der Waals surface area contributed by atoms with Crippen molar-refractivity contribution < 1.29 is 14.7 Å². The van der Waals surface area contributed by atoms with Crippen LogP contribution < -0.4 is 5.32 Å². The molecule has 1 heterocycles. The molecule has 2 fully saturated rings. The number of nitrogens with zero attached hydrogens (tertiary/aromatic N) is 1. The molecular weight excluding hydrogens is 244 g/mol. The summed E-state index contributed by atoms with van der Waals surface area (Å²) in [5, 5.41) is 12.1. The smallest absolute Gasteiger partial charge is 0.308 e. The minimum atomic E-state index is -0.748. The van der Waals surface area contributed by atoms with Crippen molar-refractivity contribution in [2.24, 2.45) is 11.8 Å². The van der Waals surface area contributed by atoms with Crippen LogP contribution in [0.1, 0.15) is 39.0 Å². The highest BCUT2D eigenvalue weighted by molar-refractivity contribution is 5.78. The number of nitrogens with one attached hydrogen (secondary N) is 1.